The molecule has 0 bridgehead atoms. The number of hydrogen-bond acceptors (Lipinski definition) is 4. The van der Waals surface area contributed by atoms with Crippen molar-refractivity contribution in [3.05, 3.63) is 71.1 Å². The summed E-state index contributed by atoms with van der Waals surface area (Å²) in [5.41, 5.74) is 0.0395. The van der Waals surface area contributed by atoms with Crippen molar-refractivity contribution < 1.29 is 22.4 Å². The molecule has 0 saturated heterocycles. The molecule has 9 heteroatoms. The highest BCUT2D eigenvalue weighted by Gasteiger charge is 2.34. The van der Waals surface area contributed by atoms with E-state index in [2.05, 4.69) is 10.3 Å². The van der Waals surface area contributed by atoms with Crippen molar-refractivity contribution in [2.75, 3.05) is 11.1 Å². The van der Waals surface area contributed by atoms with Crippen LogP contribution in [0, 0.1) is 0 Å². The van der Waals surface area contributed by atoms with Gasteiger partial charge in [0.2, 0.25) is 11.8 Å². The van der Waals surface area contributed by atoms with E-state index in [1.807, 2.05) is 30.3 Å². The molecule has 0 fully saturated rings. The molecule has 1 heterocycles. The number of aromatic nitrogens is 1. The number of amides is 1. The third-order valence-corrected chi connectivity index (χ3v) is 4.92. The number of carbonyl (C=O) groups is 1. The van der Waals surface area contributed by atoms with Crippen LogP contribution < -0.4 is 5.32 Å². The average molecular weight is 427 g/mol. The van der Waals surface area contributed by atoms with Crippen LogP contribution in [-0.2, 0) is 16.7 Å². The first kappa shape index (κ1) is 20.3. The number of oxazole rings is 1. The van der Waals surface area contributed by atoms with E-state index in [0.717, 1.165) is 11.6 Å². The second-order valence-electron chi connectivity index (χ2n) is 5.71. The van der Waals surface area contributed by atoms with E-state index in [-0.39, 0.29) is 10.8 Å². The van der Waals surface area contributed by atoms with Crippen LogP contribution in [0.5, 0.6) is 0 Å². The van der Waals surface area contributed by atoms with Gasteiger partial charge in [-0.25, -0.2) is 4.98 Å². The van der Waals surface area contributed by atoms with Crippen LogP contribution in [0.1, 0.15) is 11.3 Å². The number of halogens is 4. The lowest BCUT2D eigenvalue weighted by molar-refractivity contribution is -0.137. The molecule has 4 nitrogen and oxygen atoms in total. The largest absolute Gasteiger partial charge is 0.444 e. The first-order valence-electron chi connectivity index (χ1n) is 8.07. The molecule has 3 rings (SSSR count). The van der Waals surface area contributed by atoms with Crippen molar-refractivity contribution in [2.45, 2.75) is 11.9 Å². The van der Waals surface area contributed by atoms with Crippen molar-refractivity contribution in [1.82, 2.24) is 4.98 Å². The standard InChI is InChI=1S/C19H14ClF3N2O2S/c20-15-8-4-7-14(19(21,22)23)17(15)25-16(26)11-28-10-13-9-27-18(24-13)12-5-2-1-3-6-12/h1-9H,10-11H2,(H,25,26). The molecular formula is C19H14ClF3N2O2S. The number of benzene rings is 2. The van der Waals surface area contributed by atoms with Gasteiger partial charge in [0.25, 0.3) is 0 Å². The Hall–Kier alpha value is -2.45. The first-order chi connectivity index (χ1) is 13.3. The van der Waals surface area contributed by atoms with Gasteiger partial charge in [-0.15, -0.1) is 11.8 Å². The van der Waals surface area contributed by atoms with Gasteiger partial charge in [-0.1, -0.05) is 35.9 Å². The van der Waals surface area contributed by atoms with E-state index in [9.17, 15) is 18.0 Å². The van der Waals surface area contributed by atoms with Crippen molar-refractivity contribution in [2.24, 2.45) is 0 Å². The fraction of sp³-hybridized carbons (Fsp3) is 0.158. The average Bonchev–Trinajstić information content (AvgIpc) is 3.12. The molecule has 146 valence electrons. The van der Waals surface area contributed by atoms with Crippen LogP contribution >= 0.6 is 23.4 Å². The Morgan fingerprint density at radius 2 is 1.89 bits per heavy atom. The number of carbonyl (C=O) groups excluding carboxylic acids is 1. The van der Waals surface area contributed by atoms with E-state index in [1.54, 1.807) is 0 Å². The van der Waals surface area contributed by atoms with Gasteiger partial charge < -0.3 is 9.73 Å². The zero-order valence-electron chi connectivity index (χ0n) is 14.3. The summed E-state index contributed by atoms with van der Waals surface area (Å²) >= 11 is 7.03. The van der Waals surface area contributed by atoms with Crippen LogP contribution in [0.25, 0.3) is 11.5 Å². The molecule has 28 heavy (non-hydrogen) atoms. The summed E-state index contributed by atoms with van der Waals surface area (Å²) in [4.78, 5) is 16.4. The topological polar surface area (TPSA) is 55.1 Å². The monoisotopic (exact) mass is 426 g/mol. The number of rotatable bonds is 6. The minimum absolute atomic E-state index is 0.0595. The number of hydrogen-bond donors (Lipinski definition) is 1. The molecular weight excluding hydrogens is 413 g/mol. The molecule has 1 N–H and O–H groups in total. The van der Waals surface area contributed by atoms with Gasteiger partial charge >= 0.3 is 6.18 Å². The van der Waals surface area contributed by atoms with Crippen molar-refractivity contribution in [3.63, 3.8) is 0 Å². The zero-order chi connectivity index (χ0) is 20.1. The van der Waals surface area contributed by atoms with Gasteiger partial charge in [0.05, 0.1) is 27.7 Å². The summed E-state index contributed by atoms with van der Waals surface area (Å²) in [5, 5.41) is 2.08. The molecule has 0 aliphatic rings. The van der Waals surface area contributed by atoms with E-state index in [4.69, 9.17) is 16.0 Å². The van der Waals surface area contributed by atoms with Crippen molar-refractivity contribution >= 4 is 35.0 Å². The maximum Gasteiger partial charge on any atom is 0.418 e. The summed E-state index contributed by atoms with van der Waals surface area (Å²) in [6.45, 7) is 0. The van der Waals surface area contributed by atoms with Crippen LogP contribution in [0.15, 0.2) is 59.2 Å². The van der Waals surface area contributed by atoms with Crippen LogP contribution in [0.2, 0.25) is 5.02 Å². The van der Waals surface area contributed by atoms with Crippen LogP contribution in [0.4, 0.5) is 18.9 Å². The zero-order valence-corrected chi connectivity index (χ0v) is 15.9. The molecule has 3 aromatic rings. The van der Waals surface area contributed by atoms with Crippen molar-refractivity contribution in [1.29, 1.82) is 0 Å². The molecule has 0 atom stereocenters. The first-order valence-corrected chi connectivity index (χ1v) is 9.61. The number of nitrogens with zero attached hydrogens (tertiary/aromatic N) is 1. The van der Waals surface area contributed by atoms with Crippen molar-refractivity contribution in [3.8, 4) is 11.5 Å². The minimum Gasteiger partial charge on any atom is -0.444 e. The van der Waals surface area contributed by atoms with E-state index in [0.29, 0.717) is 17.3 Å². The second kappa shape index (κ2) is 8.70. The number of nitrogens with one attached hydrogen (secondary N) is 1. The Morgan fingerprint density at radius 1 is 1.14 bits per heavy atom. The molecule has 0 saturated carbocycles. The Morgan fingerprint density at radius 3 is 2.61 bits per heavy atom. The van der Waals surface area contributed by atoms with Gasteiger partial charge in [-0.2, -0.15) is 13.2 Å². The van der Waals surface area contributed by atoms with E-state index < -0.39 is 23.3 Å². The Bertz CT molecular complexity index is 961. The number of para-hydroxylation sites is 1. The van der Waals surface area contributed by atoms with E-state index in [1.165, 1.54) is 30.2 Å². The second-order valence-corrected chi connectivity index (χ2v) is 7.10. The van der Waals surface area contributed by atoms with Gasteiger partial charge in [0, 0.05) is 11.3 Å². The lowest BCUT2D eigenvalue weighted by Crippen LogP contribution is -2.18. The Balaban J connectivity index is 1.57. The predicted octanol–water partition coefficient (Wildman–Crippen LogP) is 5.89. The lowest BCUT2D eigenvalue weighted by Gasteiger charge is -2.15. The lowest BCUT2D eigenvalue weighted by atomic mass is 10.1. The summed E-state index contributed by atoms with van der Waals surface area (Å²) < 4.78 is 44.6. The Labute approximate surface area is 168 Å². The van der Waals surface area contributed by atoms with Gasteiger partial charge in [0.15, 0.2) is 0 Å². The highest BCUT2D eigenvalue weighted by Crippen LogP contribution is 2.38. The minimum atomic E-state index is -4.62. The van der Waals surface area contributed by atoms with Crippen LogP contribution in [-0.4, -0.2) is 16.6 Å². The SMILES string of the molecule is O=C(CSCc1coc(-c2ccccc2)n1)Nc1c(Cl)cccc1C(F)(F)F. The van der Waals surface area contributed by atoms with Gasteiger partial charge in [-0.05, 0) is 24.3 Å². The van der Waals surface area contributed by atoms with Gasteiger partial charge in [0.1, 0.15) is 6.26 Å². The summed E-state index contributed by atoms with van der Waals surface area (Å²) in [6.07, 6.45) is -3.13. The van der Waals surface area contributed by atoms with Gasteiger partial charge in [-0.3, -0.25) is 4.79 Å². The smallest absolute Gasteiger partial charge is 0.418 e. The normalized spacial score (nSPS) is 11.4. The third kappa shape index (κ3) is 5.08. The maximum absolute atomic E-state index is 13.1. The molecule has 0 aliphatic heterocycles. The molecule has 0 aliphatic carbocycles. The number of thioether (sulfide) groups is 1. The molecule has 0 spiro atoms. The van der Waals surface area contributed by atoms with E-state index >= 15 is 0 Å². The molecule has 0 radical (unpaired) electrons. The molecule has 0 unspecified atom stereocenters. The van der Waals surface area contributed by atoms with Crippen LogP contribution in [0.3, 0.4) is 0 Å². The third-order valence-electron chi connectivity index (χ3n) is 3.64. The molecule has 1 aromatic heterocycles. The number of alkyl halides is 3. The fourth-order valence-electron chi connectivity index (χ4n) is 2.40. The quantitative estimate of drug-likeness (QED) is 0.534. The summed E-state index contributed by atoms with van der Waals surface area (Å²) in [6, 6.07) is 12.7. The molecule has 1 amide bonds. The maximum atomic E-state index is 13.1. The molecule has 2 aromatic carbocycles. The number of anilines is 1. The highest BCUT2D eigenvalue weighted by atomic mass is 35.5. The highest BCUT2D eigenvalue weighted by molar-refractivity contribution is 7.99. The summed E-state index contributed by atoms with van der Waals surface area (Å²) in [7, 11) is 0. The summed E-state index contributed by atoms with van der Waals surface area (Å²) in [5.74, 6) is 0.191. The fourth-order valence-corrected chi connectivity index (χ4v) is 3.32. The Kier molecular flexibility index (Phi) is 6.31. The predicted molar refractivity (Wildman–Crippen MR) is 103 cm³/mol.